The first-order chi connectivity index (χ1) is 13.7. The molecule has 1 aliphatic rings. The van der Waals surface area contributed by atoms with E-state index in [1.165, 1.54) is 19.3 Å². The Kier molecular flexibility index (Phi) is 5.53. The topological polar surface area (TPSA) is 58.1 Å². The lowest BCUT2D eigenvalue weighted by atomic mass is 10.1. The molecule has 5 nitrogen and oxygen atoms in total. The van der Waals surface area contributed by atoms with E-state index < -0.39 is 0 Å². The van der Waals surface area contributed by atoms with Crippen LogP contribution < -0.4 is 10.2 Å². The van der Waals surface area contributed by atoms with Gasteiger partial charge in [-0.1, -0.05) is 17.7 Å². The SMILES string of the molecule is O=C(Nc1cccc(N2CCCCC2)c1)c1ccnc(-c2ccc(Cl)cc2)n1. The summed E-state index contributed by atoms with van der Waals surface area (Å²) in [6.07, 6.45) is 5.31. The normalized spacial score (nSPS) is 14.0. The number of hydrogen-bond donors (Lipinski definition) is 1. The second kappa shape index (κ2) is 8.40. The number of carbonyl (C=O) groups is 1. The van der Waals surface area contributed by atoms with Crippen LogP contribution in [0.3, 0.4) is 0 Å². The number of nitrogens with zero attached hydrogens (tertiary/aromatic N) is 3. The van der Waals surface area contributed by atoms with Crippen LogP contribution in [0.4, 0.5) is 11.4 Å². The fourth-order valence-corrected chi connectivity index (χ4v) is 3.48. The van der Waals surface area contributed by atoms with Crippen LogP contribution in [-0.4, -0.2) is 29.0 Å². The summed E-state index contributed by atoms with van der Waals surface area (Å²) in [4.78, 5) is 23.7. The molecule has 142 valence electrons. The molecule has 1 aliphatic heterocycles. The van der Waals surface area contributed by atoms with Crippen molar-refractivity contribution in [3.63, 3.8) is 0 Å². The van der Waals surface area contributed by atoms with Crippen LogP contribution in [-0.2, 0) is 0 Å². The van der Waals surface area contributed by atoms with Crippen molar-refractivity contribution in [2.24, 2.45) is 0 Å². The minimum Gasteiger partial charge on any atom is -0.371 e. The van der Waals surface area contributed by atoms with Gasteiger partial charge < -0.3 is 10.2 Å². The fraction of sp³-hybridized carbons (Fsp3) is 0.227. The summed E-state index contributed by atoms with van der Waals surface area (Å²) in [5, 5.41) is 3.59. The molecule has 2 heterocycles. The highest BCUT2D eigenvalue weighted by Crippen LogP contribution is 2.23. The first-order valence-electron chi connectivity index (χ1n) is 9.44. The standard InChI is InChI=1S/C22H21ClN4O/c23-17-9-7-16(8-10-17)21-24-12-11-20(26-21)22(28)25-18-5-4-6-19(15-18)27-13-2-1-3-14-27/h4-12,15H,1-3,13-14H2,(H,25,28). The third kappa shape index (κ3) is 4.31. The number of carbonyl (C=O) groups excluding carboxylic acids is 1. The largest absolute Gasteiger partial charge is 0.371 e. The molecule has 0 spiro atoms. The summed E-state index contributed by atoms with van der Waals surface area (Å²) in [5.41, 5.74) is 3.04. The molecule has 0 radical (unpaired) electrons. The number of nitrogens with one attached hydrogen (secondary N) is 1. The van der Waals surface area contributed by atoms with Crippen LogP contribution in [0.15, 0.2) is 60.8 Å². The zero-order valence-electron chi connectivity index (χ0n) is 15.4. The highest BCUT2D eigenvalue weighted by atomic mass is 35.5. The maximum absolute atomic E-state index is 12.7. The average molecular weight is 393 g/mol. The summed E-state index contributed by atoms with van der Waals surface area (Å²) in [7, 11) is 0. The van der Waals surface area contributed by atoms with Crippen LogP contribution in [0.1, 0.15) is 29.8 Å². The predicted octanol–water partition coefficient (Wildman–Crippen LogP) is 5.04. The summed E-state index contributed by atoms with van der Waals surface area (Å²) in [5.74, 6) is 0.236. The Morgan fingerprint density at radius 1 is 1.00 bits per heavy atom. The number of rotatable bonds is 4. The fourth-order valence-electron chi connectivity index (χ4n) is 3.35. The van der Waals surface area contributed by atoms with E-state index in [9.17, 15) is 4.79 Å². The van der Waals surface area contributed by atoms with Crippen molar-refractivity contribution < 1.29 is 4.79 Å². The first-order valence-corrected chi connectivity index (χ1v) is 9.82. The number of benzene rings is 2. The molecule has 1 saturated heterocycles. The molecule has 0 aliphatic carbocycles. The summed E-state index contributed by atoms with van der Waals surface area (Å²) < 4.78 is 0. The number of halogens is 1. The van der Waals surface area contributed by atoms with Crippen molar-refractivity contribution in [3.05, 3.63) is 71.5 Å². The Balaban J connectivity index is 1.51. The summed E-state index contributed by atoms with van der Waals surface area (Å²) in [6, 6.07) is 16.8. The van der Waals surface area contributed by atoms with Crippen LogP contribution >= 0.6 is 11.6 Å². The van der Waals surface area contributed by atoms with E-state index in [2.05, 4.69) is 26.3 Å². The first kappa shape index (κ1) is 18.4. The minimum atomic E-state index is -0.256. The zero-order chi connectivity index (χ0) is 19.3. The van der Waals surface area contributed by atoms with Gasteiger partial charge in [-0.15, -0.1) is 0 Å². The van der Waals surface area contributed by atoms with Crippen molar-refractivity contribution in [2.45, 2.75) is 19.3 Å². The van der Waals surface area contributed by atoms with Gasteiger partial charge in [0.15, 0.2) is 5.82 Å². The molecule has 4 rings (SSSR count). The van der Waals surface area contributed by atoms with Crippen LogP contribution in [0, 0.1) is 0 Å². The average Bonchev–Trinajstić information content (AvgIpc) is 2.75. The van der Waals surface area contributed by atoms with Crippen LogP contribution in [0.5, 0.6) is 0 Å². The lowest BCUT2D eigenvalue weighted by Crippen LogP contribution is -2.29. The number of amides is 1. The van der Waals surface area contributed by atoms with Gasteiger partial charge in [-0.2, -0.15) is 0 Å². The predicted molar refractivity (Wildman–Crippen MR) is 113 cm³/mol. The van der Waals surface area contributed by atoms with Crippen molar-refractivity contribution >= 4 is 28.9 Å². The molecular formula is C22H21ClN4O. The van der Waals surface area contributed by atoms with E-state index in [1.807, 2.05) is 30.3 Å². The third-order valence-corrected chi connectivity index (χ3v) is 5.07. The van der Waals surface area contributed by atoms with Gasteiger partial charge in [-0.25, -0.2) is 9.97 Å². The molecule has 0 atom stereocenters. The monoisotopic (exact) mass is 392 g/mol. The molecule has 0 bridgehead atoms. The van der Waals surface area contributed by atoms with Crippen molar-refractivity contribution in [3.8, 4) is 11.4 Å². The number of anilines is 2. The third-order valence-electron chi connectivity index (χ3n) is 4.82. The molecule has 28 heavy (non-hydrogen) atoms. The second-order valence-corrected chi connectivity index (χ2v) is 7.26. The summed E-state index contributed by atoms with van der Waals surface area (Å²) in [6.45, 7) is 2.13. The van der Waals surface area contributed by atoms with E-state index in [4.69, 9.17) is 11.6 Å². The molecule has 3 aromatic rings. The Bertz CT molecular complexity index is 968. The van der Waals surface area contributed by atoms with Gasteiger partial charge in [0.05, 0.1) is 0 Å². The van der Waals surface area contributed by atoms with Crippen molar-refractivity contribution in [2.75, 3.05) is 23.3 Å². The van der Waals surface area contributed by atoms with E-state index >= 15 is 0 Å². The molecule has 1 aromatic heterocycles. The summed E-state index contributed by atoms with van der Waals surface area (Å²) >= 11 is 5.93. The molecule has 1 fully saturated rings. The Hall–Kier alpha value is -2.92. The van der Waals surface area contributed by atoms with Gasteiger partial charge in [-0.3, -0.25) is 4.79 Å². The van der Waals surface area contributed by atoms with Crippen molar-refractivity contribution in [1.29, 1.82) is 0 Å². The number of aromatic nitrogens is 2. The quantitative estimate of drug-likeness (QED) is 0.675. The Morgan fingerprint density at radius 2 is 1.79 bits per heavy atom. The van der Waals surface area contributed by atoms with E-state index in [1.54, 1.807) is 24.4 Å². The van der Waals surface area contributed by atoms with Gasteiger partial charge in [0.1, 0.15) is 5.69 Å². The molecule has 0 unspecified atom stereocenters. The minimum absolute atomic E-state index is 0.256. The van der Waals surface area contributed by atoms with E-state index in [0.717, 1.165) is 30.0 Å². The number of hydrogen-bond acceptors (Lipinski definition) is 4. The van der Waals surface area contributed by atoms with Gasteiger partial charge in [0.25, 0.3) is 5.91 Å². The smallest absolute Gasteiger partial charge is 0.274 e. The second-order valence-electron chi connectivity index (χ2n) is 6.82. The Morgan fingerprint density at radius 3 is 2.57 bits per heavy atom. The van der Waals surface area contributed by atoms with E-state index in [0.29, 0.717) is 16.5 Å². The van der Waals surface area contributed by atoms with Crippen LogP contribution in [0.25, 0.3) is 11.4 Å². The lowest BCUT2D eigenvalue weighted by molar-refractivity contribution is 0.102. The van der Waals surface area contributed by atoms with Gasteiger partial charge >= 0.3 is 0 Å². The van der Waals surface area contributed by atoms with Crippen LogP contribution in [0.2, 0.25) is 5.02 Å². The molecular weight excluding hydrogens is 372 g/mol. The molecule has 2 aromatic carbocycles. The zero-order valence-corrected chi connectivity index (χ0v) is 16.2. The molecule has 6 heteroatoms. The lowest BCUT2D eigenvalue weighted by Gasteiger charge is -2.29. The highest BCUT2D eigenvalue weighted by Gasteiger charge is 2.13. The maximum Gasteiger partial charge on any atom is 0.274 e. The van der Waals surface area contributed by atoms with Crippen molar-refractivity contribution in [1.82, 2.24) is 9.97 Å². The van der Waals surface area contributed by atoms with Gasteiger partial charge in [-0.05, 0) is 67.8 Å². The Labute approximate surface area is 169 Å². The molecule has 1 amide bonds. The van der Waals surface area contributed by atoms with E-state index in [-0.39, 0.29) is 5.91 Å². The molecule has 1 N–H and O–H groups in total. The molecule has 0 saturated carbocycles. The number of piperidine rings is 1. The van der Waals surface area contributed by atoms with Gasteiger partial charge in [0, 0.05) is 41.2 Å². The highest BCUT2D eigenvalue weighted by molar-refractivity contribution is 6.30. The van der Waals surface area contributed by atoms with Gasteiger partial charge in [0.2, 0.25) is 0 Å². The maximum atomic E-state index is 12.7.